The van der Waals surface area contributed by atoms with Crippen molar-refractivity contribution in [3.05, 3.63) is 48.0 Å². The highest BCUT2D eigenvalue weighted by atomic mass is 16.2. The van der Waals surface area contributed by atoms with Crippen molar-refractivity contribution in [1.29, 1.82) is 0 Å². The van der Waals surface area contributed by atoms with Crippen molar-refractivity contribution in [3.63, 3.8) is 0 Å². The molecule has 1 aliphatic heterocycles. The molecule has 154 valence electrons. The van der Waals surface area contributed by atoms with Crippen LogP contribution in [-0.2, 0) is 16.0 Å². The third-order valence-electron chi connectivity index (χ3n) is 6.65. The first-order valence-corrected chi connectivity index (χ1v) is 10.7. The Morgan fingerprint density at radius 3 is 2.59 bits per heavy atom. The number of hydrogen-bond acceptors (Lipinski definition) is 3. The lowest BCUT2D eigenvalue weighted by Crippen LogP contribution is -2.51. The molecule has 0 spiro atoms. The van der Waals surface area contributed by atoms with Crippen LogP contribution in [0.5, 0.6) is 0 Å². The molecule has 0 aromatic heterocycles. The van der Waals surface area contributed by atoms with Gasteiger partial charge in [-0.05, 0) is 46.9 Å². The van der Waals surface area contributed by atoms with Crippen molar-refractivity contribution in [2.75, 3.05) is 13.1 Å². The Bertz CT molecular complexity index is 910. The summed E-state index contributed by atoms with van der Waals surface area (Å²) in [6, 6.07) is 13.9. The average molecular weight is 394 g/mol. The van der Waals surface area contributed by atoms with Crippen LogP contribution >= 0.6 is 0 Å². The molecule has 1 heterocycles. The molecule has 2 amide bonds. The SMILES string of the molecule is CC(C)C(NC(=O)Cc1ccc2ccccc2c1)C(=O)N1CC2CCC(N)C2C1. The largest absolute Gasteiger partial charge is 0.344 e. The second kappa shape index (κ2) is 8.15. The van der Waals surface area contributed by atoms with Crippen LogP contribution in [0, 0.1) is 17.8 Å². The summed E-state index contributed by atoms with van der Waals surface area (Å²) < 4.78 is 0. The van der Waals surface area contributed by atoms with Crippen molar-refractivity contribution in [2.45, 2.75) is 45.2 Å². The predicted octanol–water partition coefficient (Wildman–Crippen LogP) is 2.72. The van der Waals surface area contributed by atoms with Crippen molar-refractivity contribution in [2.24, 2.45) is 23.5 Å². The molecule has 2 aromatic rings. The summed E-state index contributed by atoms with van der Waals surface area (Å²) in [4.78, 5) is 27.8. The van der Waals surface area contributed by atoms with Crippen LogP contribution in [0.2, 0.25) is 0 Å². The van der Waals surface area contributed by atoms with Crippen LogP contribution in [0.25, 0.3) is 10.8 Å². The summed E-state index contributed by atoms with van der Waals surface area (Å²) in [6.07, 6.45) is 2.45. The van der Waals surface area contributed by atoms with Gasteiger partial charge in [-0.2, -0.15) is 0 Å². The van der Waals surface area contributed by atoms with Gasteiger partial charge in [0.1, 0.15) is 6.04 Å². The van der Waals surface area contributed by atoms with E-state index in [-0.39, 0.29) is 30.2 Å². The Hall–Kier alpha value is -2.40. The second-order valence-corrected chi connectivity index (χ2v) is 9.06. The fraction of sp³-hybridized carbons (Fsp3) is 0.500. The number of amides is 2. The van der Waals surface area contributed by atoms with Gasteiger partial charge in [-0.3, -0.25) is 9.59 Å². The molecular formula is C24H31N3O2. The summed E-state index contributed by atoms with van der Waals surface area (Å²) in [5.41, 5.74) is 7.17. The van der Waals surface area contributed by atoms with E-state index >= 15 is 0 Å². The maximum Gasteiger partial charge on any atom is 0.245 e. The first-order chi connectivity index (χ1) is 13.9. The van der Waals surface area contributed by atoms with Gasteiger partial charge in [0.25, 0.3) is 0 Å². The minimum absolute atomic E-state index is 0.0356. The Morgan fingerprint density at radius 1 is 1.10 bits per heavy atom. The van der Waals surface area contributed by atoms with Gasteiger partial charge in [0, 0.05) is 19.1 Å². The fourth-order valence-electron chi connectivity index (χ4n) is 4.96. The highest BCUT2D eigenvalue weighted by Crippen LogP contribution is 2.37. The normalized spacial score (nSPS) is 24.7. The van der Waals surface area contributed by atoms with Crippen LogP contribution in [0.1, 0.15) is 32.3 Å². The smallest absolute Gasteiger partial charge is 0.245 e. The number of nitrogens with two attached hydrogens (primary N) is 1. The Morgan fingerprint density at radius 2 is 1.86 bits per heavy atom. The van der Waals surface area contributed by atoms with Crippen LogP contribution in [0.3, 0.4) is 0 Å². The van der Waals surface area contributed by atoms with Gasteiger partial charge in [0.15, 0.2) is 0 Å². The Balaban J connectivity index is 1.41. The second-order valence-electron chi connectivity index (χ2n) is 9.06. The lowest BCUT2D eigenvalue weighted by atomic mass is 9.98. The highest BCUT2D eigenvalue weighted by Gasteiger charge is 2.44. The molecular weight excluding hydrogens is 362 g/mol. The molecule has 3 N–H and O–H groups in total. The van der Waals surface area contributed by atoms with Gasteiger partial charge >= 0.3 is 0 Å². The molecule has 29 heavy (non-hydrogen) atoms. The third-order valence-corrected chi connectivity index (χ3v) is 6.65. The number of hydrogen-bond donors (Lipinski definition) is 2. The number of nitrogens with one attached hydrogen (secondary N) is 1. The predicted molar refractivity (Wildman–Crippen MR) is 115 cm³/mol. The van der Waals surface area contributed by atoms with E-state index in [2.05, 4.69) is 11.4 Å². The lowest BCUT2D eigenvalue weighted by molar-refractivity contribution is -0.137. The summed E-state index contributed by atoms with van der Waals surface area (Å²) in [5, 5.41) is 5.28. The molecule has 5 heteroatoms. The zero-order valence-electron chi connectivity index (χ0n) is 17.3. The van der Waals surface area contributed by atoms with E-state index in [9.17, 15) is 9.59 Å². The Labute approximate surface area is 172 Å². The molecule has 2 aliphatic rings. The first-order valence-electron chi connectivity index (χ1n) is 10.7. The van der Waals surface area contributed by atoms with E-state index in [4.69, 9.17) is 5.73 Å². The summed E-state index contributed by atoms with van der Waals surface area (Å²) in [5.74, 6) is 0.907. The monoisotopic (exact) mass is 393 g/mol. The van der Waals surface area contributed by atoms with E-state index in [1.54, 1.807) is 0 Å². The number of carbonyl (C=O) groups excluding carboxylic acids is 2. The van der Waals surface area contributed by atoms with Crippen LogP contribution in [0.4, 0.5) is 0 Å². The van der Waals surface area contributed by atoms with Crippen LogP contribution in [-0.4, -0.2) is 41.9 Å². The molecule has 1 saturated carbocycles. The number of benzene rings is 2. The minimum atomic E-state index is -0.488. The zero-order chi connectivity index (χ0) is 20.5. The van der Waals surface area contributed by atoms with E-state index in [1.807, 2.05) is 55.1 Å². The van der Waals surface area contributed by atoms with Gasteiger partial charge in [-0.1, -0.05) is 56.3 Å². The minimum Gasteiger partial charge on any atom is -0.344 e. The number of fused-ring (bicyclic) bond motifs is 2. The molecule has 5 nitrogen and oxygen atoms in total. The van der Waals surface area contributed by atoms with Gasteiger partial charge in [-0.15, -0.1) is 0 Å². The molecule has 4 unspecified atom stereocenters. The maximum absolute atomic E-state index is 13.2. The molecule has 1 aliphatic carbocycles. The van der Waals surface area contributed by atoms with Crippen molar-refractivity contribution in [1.82, 2.24) is 10.2 Å². The van der Waals surface area contributed by atoms with Gasteiger partial charge in [-0.25, -0.2) is 0 Å². The van der Waals surface area contributed by atoms with E-state index in [1.165, 1.54) is 0 Å². The van der Waals surface area contributed by atoms with Gasteiger partial charge < -0.3 is 16.0 Å². The van der Waals surface area contributed by atoms with Crippen LogP contribution < -0.4 is 11.1 Å². The third kappa shape index (κ3) is 4.15. The van der Waals surface area contributed by atoms with E-state index in [0.717, 1.165) is 42.3 Å². The molecule has 4 rings (SSSR count). The fourth-order valence-corrected chi connectivity index (χ4v) is 4.96. The topological polar surface area (TPSA) is 75.4 Å². The molecule has 1 saturated heterocycles. The van der Waals surface area contributed by atoms with Gasteiger partial charge in [0.2, 0.25) is 11.8 Å². The first kappa shape index (κ1) is 19.9. The van der Waals surface area contributed by atoms with Crippen molar-refractivity contribution >= 4 is 22.6 Å². The van der Waals surface area contributed by atoms with Crippen LogP contribution in [0.15, 0.2) is 42.5 Å². The average Bonchev–Trinajstić information content (AvgIpc) is 3.27. The number of likely N-dealkylation sites (tertiary alicyclic amines) is 1. The van der Waals surface area contributed by atoms with E-state index < -0.39 is 6.04 Å². The van der Waals surface area contributed by atoms with Crippen molar-refractivity contribution < 1.29 is 9.59 Å². The highest BCUT2D eigenvalue weighted by molar-refractivity contribution is 5.90. The molecule has 0 bridgehead atoms. The Kier molecular flexibility index (Phi) is 5.59. The van der Waals surface area contributed by atoms with E-state index in [0.29, 0.717) is 11.8 Å². The summed E-state index contributed by atoms with van der Waals surface area (Å²) in [7, 11) is 0. The standard InChI is InChI=1S/C24H31N3O2/c1-15(2)23(24(29)27-13-19-9-10-21(25)20(19)14-27)26-22(28)12-16-7-8-17-5-3-4-6-18(17)11-16/h3-8,11,15,19-21,23H,9-10,12-14,25H2,1-2H3,(H,26,28). The number of rotatable bonds is 5. The quantitative estimate of drug-likeness (QED) is 0.820. The number of nitrogens with zero attached hydrogens (tertiary/aromatic N) is 1. The number of carbonyl (C=O) groups is 2. The maximum atomic E-state index is 13.2. The molecule has 4 atom stereocenters. The summed E-state index contributed by atoms with van der Waals surface area (Å²) >= 11 is 0. The van der Waals surface area contributed by atoms with Crippen molar-refractivity contribution in [3.8, 4) is 0 Å². The molecule has 2 aromatic carbocycles. The summed E-state index contributed by atoms with van der Waals surface area (Å²) in [6.45, 7) is 5.48. The van der Waals surface area contributed by atoms with Gasteiger partial charge in [0.05, 0.1) is 6.42 Å². The zero-order valence-corrected chi connectivity index (χ0v) is 17.3. The molecule has 0 radical (unpaired) electrons. The lowest BCUT2D eigenvalue weighted by Gasteiger charge is -2.28. The molecule has 2 fully saturated rings.